The van der Waals surface area contributed by atoms with Crippen molar-refractivity contribution < 1.29 is 19.1 Å². The van der Waals surface area contributed by atoms with Crippen LogP contribution < -0.4 is 9.47 Å². The molecule has 0 aromatic heterocycles. The van der Waals surface area contributed by atoms with Gasteiger partial charge in [0.25, 0.3) is 0 Å². The summed E-state index contributed by atoms with van der Waals surface area (Å²) in [4.78, 5) is 23.2. The van der Waals surface area contributed by atoms with Crippen LogP contribution in [0.3, 0.4) is 0 Å². The Hall–Kier alpha value is -3.14. The Kier molecular flexibility index (Phi) is 6.01. The summed E-state index contributed by atoms with van der Waals surface area (Å²) >= 11 is 0. The standard InChI is InChI=1S/C23H24O4/c1-15(2)21(24)26-19-11-7-17(8-12-19)23(5,6)18-9-13-20(14-10-18)27-22(25)16(3)4/h7-14H,1,3H2,2,4-6H3. The highest BCUT2D eigenvalue weighted by atomic mass is 16.5. The maximum atomic E-state index is 11.6. The van der Waals surface area contributed by atoms with Crippen molar-refractivity contribution in [3.05, 3.63) is 84.0 Å². The minimum absolute atomic E-state index is 0.284. The van der Waals surface area contributed by atoms with Crippen molar-refractivity contribution in [3.63, 3.8) is 0 Å². The van der Waals surface area contributed by atoms with E-state index in [2.05, 4.69) is 27.0 Å². The first kappa shape index (κ1) is 20.2. The van der Waals surface area contributed by atoms with Crippen molar-refractivity contribution in [1.29, 1.82) is 0 Å². The van der Waals surface area contributed by atoms with Gasteiger partial charge in [0.2, 0.25) is 0 Å². The van der Waals surface area contributed by atoms with Gasteiger partial charge in [0.05, 0.1) is 0 Å². The van der Waals surface area contributed by atoms with Crippen LogP contribution in [-0.4, -0.2) is 11.9 Å². The molecule has 140 valence electrons. The van der Waals surface area contributed by atoms with Gasteiger partial charge in [-0.05, 0) is 49.2 Å². The Morgan fingerprint density at radius 3 is 1.26 bits per heavy atom. The largest absolute Gasteiger partial charge is 0.423 e. The van der Waals surface area contributed by atoms with Gasteiger partial charge in [-0.1, -0.05) is 51.3 Å². The molecule has 0 N–H and O–H groups in total. The summed E-state index contributed by atoms with van der Waals surface area (Å²) in [6.45, 7) is 14.5. The molecule has 0 amide bonds. The van der Waals surface area contributed by atoms with Crippen LogP contribution in [0.1, 0.15) is 38.8 Å². The van der Waals surface area contributed by atoms with Gasteiger partial charge in [-0.15, -0.1) is 0 Å². The minimum atomic E-state index is -0.443. The van der Waals surface area contributed by atoms with E-state index in [1.807, 2.05) is 24.3 Å². The number of carbonyl (C=O) groups is 2. The third-order valence-corrected chi connectivity index (χ3v) is 4.27. The maximum absolute atomic E-state index is 11.6. The summed E-state index contributed by atoms with van der Waals surface area (Å²) in [5, 5.41) is 0. The molecule has 0 spiro atoms. The Labute approximate surface area is 160 Å². The van der Waals surface area contributed by atoms with E-state index in [0.29, 0.717) is 22.6 Å². The first-order valence-corrected chi connectivity index (χ1v) is 8.57. The lowest BCUT2D eigenvalue weighted by molar-refractivity contribution is -0.130. The Morgan fingerprint density at radius 1 is 0.704 bits per heavy atom. The number of esters is 2. The molecule has 27 heavy (non-hydrogen) atoms. The zero-order valence-electron chi connectivity index (χ0n) is 16.2. The quantitative estimate of drug-likeness (QED) is 0.412. The summed E-state index contributed by atoms with van der Waals surface area (Å²) in [6, 6.07) is 14.8. The van der Waals surface area contributed by atoms with E-state index in [1.165, 1.54) is 0 Å². The molecule has 0 radical (unpaired) electrons. The van der Waals surface area contributed by atoms with Crippen molar-refractivity contribution in [2.75, 3.05) is 0 Å². The van der Waals surface area contributed by atoms with Crippen molar-refractivity contribution in [2.45, 2.75) is 33.1 Å². The van der Waals surface area contributed by atoms with Crippen molar-refractivity contribution in [1.82, 2.24) is 0 Å². The molecule has 4 nitrogen and oxygen atoms in total. The summed E-state index contributed by atoms with van der Waals surface area (Å²) < 4.78 is 10.5. The van der Waals surface area contributed by atoms with Gasteiger partial charge in [-0.25, -0.2) is 9.59 Å². The molecule has 4 heteroatoms. The molecule has 0 saturated carbocycles. The zero-order chi connectivity index (χ0) is 20.2. The molecule has 0 aliphatic rings. The van der Waals surface area contributed by atoms with Crippen molar-refractivity contribution in [2.24, 2.45) is 0 Å². The highest BCUT2D eigenvalue weighted by Gasteiger charge is 2.23. The van der Waals surface area contributed by atoms with Gasteiger partial charge in [0.1, 0.15) is 11.5 Å². The molecule has 2 aromatic rings. The fraction of sp³-hybridized carbons (Fsp3) is 0.217. The molecule has 0 unspecified atom stereocenters. The lowest BCUT2D eigenvalue weighted by Crippen LogP contribution is -2.19. The topological polar surface area (TPSA) is 52.6 Å². The first-order chi connectivity index (χ1) is 12.6. The third kappa shape index (κ3) is 4.94. The van der Waals surface area contributed by atoms with Crippen molar-refractivity contribution >= 4 is 11.9 Å². The van der Waals surface area contributed by atoms with E-state index in [0.717, 1.165) is 11.1 Å². The summed E-state index contributed by atoms with van der Waals surface area (Å²) in [6.07, 6.45) is 0. The Morgan fingerprint density at radius 2 is 1.00 bits per heavy atom. The molecular formula is C23H24O4. The Balaban J connectivity index is 2.17. The van der Waals surface area contributed by atoms with Gasteiger partial charge in [-0.2, -0.15) is 0 Å². The number of benzene rings is 2. The smallest absolute Gasteiger partial charge is 0.338 e. The van der Waals surface area contributed by atoms with Gasteiger partial charge in [0.15, 0.2) is 0 Å². The number of hydrogen-bond donors (Lipinski definition) is 0. The average Bonchev–Trinajstić information content (AvgIpc) is 2.62. The SMILES string of the molecule is C=C(C)C(=O)Oc1ccc(C(C)(C)c2ccc(OC(=O)C(=C)C)cc2)cc1. The molecule has 0 heterocycles. The lowest BCUT2D eigenvalue weighted by Gasteiger charge is -2.26. The third-order valence-electron chi connectivity index (χ3n) is 4.27. The second-order valence-electron chi connectivity index (χ2n) is 7.01. The molecule has 0 saturated heterocycles. The second kappa shape index (κ2) is 8.04. The molecule has 0 bridgehead atoms. The van der Waals surface area contributed by atoms with E-state index in [-0.39, 0.29) is 5.41 Å². The fourth-order valence-corrected chi connectivity index (χ4v) is 2.43. The van der Waals surface area contributed by atoms with E-state index >= 15 is 0 Å². The first-order valence-electron chi connectivity index (χ1n) is 8.57. The normalized spacial score (nSPS) is 10.8. The van der Waals surface area contributed by atoms with Crippen LogP contribution in [-0.2, 0) is 15.0 Å². The number of carbonyl (C=O) groups excluding carboxylic acids is 2. The van der Waals surface area contributed by atoms with Crippen LogP contribution in [0.4, 0.5) is 0 Å². The molecule has 0 aliphatic carbocycles. The lowest BCUT2D eigenvalue weighted by atomic mass is 9.78. The predicted molar refractivity (Wildman–Crippen MR) is 106 cm³/mol. The highest BCUT2D eigenvalue weighted by molar-refractivity contribution is 5.89. The van der Waals surface area contributed by atoms with Gasteiger partial charge in [0, 0.05) is 16.6 Å². The van der Waals surface area contributed by atoms with Crippen LogP contribution >= 0.6 is 0 Å². The highest BCUT2D eigenvalue weighted by Crippen LogP contribution is 2.33. The molecule has 2 aromatic carbocycles. The summed E-state index contributed by atoms with van der Waals surface area (Å²) in [5.74, 6) is 0.0676. The second-order valence-corrected chi connectivity index (χ2v) is 7.01. The van der Waals surface area contributed by atoms with Crippen LogP contribution in [0.5, 0.6) is 11.5 Å². The van der Waals surface area contributed by atoms with Crippen LogP contribution in [0.2, 0.25) is 0 Å². The maximum Gasteiger partial charge on any atom is 0.338 e. The molecular weight excluding hydrogens is 340 g/mol. The molecule has 2 rings (SSSR count). The monoisotopic (exact) mass is 364 g/mol. The van der Waals surface area contributed by atoms with Crippen LogP contribution in [0, 0.1) is 0 Å². The average molecular weight is 364 g/mol. The van der Waals surface area contributed by atoms with Gasteiger partial charge in [-0.3, -0.25) is 0 Å². The number of hydrogen-bond acceptors (Lipinski definition) is 4. The van der Waals surface area contributed by atoms with E-state index in [1.54, 1.807) is 38.1 Å². The number of rotatable bonds is 6. The molecule has 0 atom stereocenters. The van der Waals surface area contributed by atoms with E-state index < -0.39 is 11.9 Å². The summed E-state index contributed by atoms with van der Waals surface area (Å²) in [7, 11) is 0. The van der Waals surface area contributed by atoms with E-state index in [4.69, 9.17) is 9.47 Å². The van der Waals surface area contributed by atoms with Gasteiger partial charge >= 0.3 is 11.9 Å². The fourth-order valence-electron chi connectivity index (χ4n) is 2.43. The van der Waals surface area contributed by atoms with Crippen LogP contribution in [0.15, 0.2) is 72.8 Å². The molecule has 0 fully saturated rings. The van der Waals surface area contributed by atoms with Gasteiger partial charge < -0.3 is 9.47 Å². The van der Waals surface area contributed by atoms with Crippen LogP contribution in [0.25, 0.3) is 0 Å². The minimum Gasteiger partial charge on any atom is -0.423 e. The van der Waals surface area contributed by atoms with E-state index in [9.17, 15) is 9.59 Å². The summed E-state index contributed by atoms with van der Waals surface area (Å²) in [5.41, 5.74) is 2.54. The molecule has 0 aliphatic heterocycles. The van der Waals surface area contributed by atoms with Crippen molar-refractivity contribution in [3.8, 4) is 11.5 Å². The predicted octanol–water partition coefficient (Wildman–Crippen LogP) is 4.98. The number of ether oxygens (including phenoxy) is 2. The zero-order valence-corrected chi connectivity index (χ0v) is 16.2. The Bertz CT molecular complexity index is 798.